The van der Waals surface area contributed by atoms with Crippen molar-refractivity contribution >= 4 is 28.9 Å². The van der Waals surface area contributed by atoms with E-state index in [2.05, 4.69) is 17.5 Å². The van der Waals surface area contributed by atoms with Gasteiger partial charge in [-0.1, -0.05) is 30.4 Å². The zero-order chi connectivity index (χ0) is 12.5. The van der Waals surface area contributed by atoms with Gasteiger partial charge >= 0.3 is 0 Å². The summed E-state index contributed by atoms with van der Waals surface area (Å²) < 4.78 is 0. The number of amides is 1. The Hall–Kier alpha value is -1.68. The van der Waals surface area contributed by atoms with Crippen molar-refractivity contribution in [3.63, 3.8) is 0 Å². The number of fused-ring (bicyclic) bond motifs is 1. The predicted octanol–water partition coefficient (Wildman–Crippen LogP) is 2.24. The van der Waals surface area contributed by atoms with Crippen LogP contribution in [0.1, 0.15) is 12.8 Å². The molecule has 1 aromatic carbocycles. The molecule has 0 unspecified atom stereocenters. The van der Waals surface area contributed by atoms with Crippen LogP contribution < -0.4 is 10.2 Å². The summed E-state index contributed by atoms with van der Waals surface area (Å²) in [5.74, 6) is 0.112. The number of thiocarbonyl (C=S) groups is 1. The van der Waals surface area contributed by atoms with Gasteiger partial charge in [-0.25, -0.2) is 0 Å². The molecule has 1 saturated heterocycles. The van der Waals surface area contributed by atoms with Crippen LogP contribution in [-0.2, 0) is 4.79 Å². The number of rotatable bonds is 1. The summed E-state index contributed by atoms with van der Waals surface area (Å²) in [7, 11) is 0. The van der Waals surface area contributed by atoms with Gasteiger partial charge in [0.25, 0.3) is 0 Å². The number of nitrogens with one attached hydrogen (secondary N) is 1. The lowest BCUT2D eigenvalue weighted by Crippen LogP contribution is -2.60. The van der Waals surface area contributed by atoms with Gasteiger partial charge in [-0.3, -0.25) is 9.69 Å². The van der Waals surface area contributed by atoms with Crippen LogP contribution in [-0.4, -0.2) is 17.1 Å². The first kappa shape index (κ1) is 11.4. The van der Waals surface area contributed by atoms with Gasteiger partial charge in [-0.05, 0) is 37.2 Å². The Morgan fingerprint density at radius 3 is 2.67 bits per heavy atom. The lowest BCUT2D eigenvalue weighted by Gasteiger charge is -2.40. The van der Waals surface area contributed by atoms with E-state index in [-0.39, 0.29) is 17.9 Å². The van der Waals surface area contributed by atoms with E-state index in [1.165, 1.54) is 0 Å². The third-order valence-electron chi connectivity index (χ3n) is 3.50. The van der Waals surface area contributed by atoms with Crippen molar-refractivity contribution in [1.82, 2.24) is 5.32 Å². The van der Waals surface area contributed by atoms with E-state index in [1.807, 2.05) is 30.3 Å². The number of para-hydroxylation sites is 1. The zero-order valence-corrected chi connectivity index (χ0v) is 10.7. The van der Waals surface area contributed by atoms with E-state index in [0.29, 0.717) is 5.11 Å². The van der Waals surface area contributed by atoms with Crippen molar-refractivity contribution < 1.29 is 4.79 Å². The molecule has 1 aliphatic carbocycles. The molecule has 18 heavy (non-hydrogen) atoms. The van der Waals surface area contributed by atoms with Crippen LogP contribution in [0.2, 0.25) is 0 Å². The molecule has 1 N–H and O–H groups in total. The van der Waals surface area contributed by atoms with Crippen LogP contribution in [0.3, 0.4) is 0 Å². The molecule has 0 aromatic heterocycles. The average Bonchev–Trinajstić information content (AvgIpc) is 2.40. The molecule has 92 valence electrons. The normalized spacial score (nSPS) is 26.8. The minimum atomic E-state index is 0.00176. The van der Waals surface area contributed by atoms with Gasteiger partial charge in [0.05, 0.1) is 11.6 Å². The van der Waals surface area contributed by atoms with Crippen molar-refractivity contribution in [2.24, 2.45) is 5.92 Å². The standard InChI is InChI=1S/C14H14N2OS/c17-13-11-8-4-5-9-12(11)15-14(18)16(13)10-6-2-1-3-7-10/h1-7,11-12H,8-9H2,(H,15,18)/t11-,12-/m0/s1. The van der Waals surface area contributed by atoms with Gasteiger partial charge in [-0.15, -0.1) is 0 Å². The first-order valence-corrected chi connectivity index (χ1v) is 6.53. The average molecular weight is 258 g/mol. The molecular weight excluding hydrogens is 244 g/mol. The van der Waals surface area contributed by atoms with Crippen molar-refractivity contribution in [2.45, 2.75) is 18.9 Å². The van der Waals surface area contributed by atoms with Gasteiger partial charge in [0, 0.05) is 6.04 Å². The largest absolute Gasteiger partial charge is 0.358 e. The van der Waals surface area contributed by atoms with Crippen molar-refractivity contribution in [2.75, 3.05) is 4.90 Å². The lowest BCUT2D eigenvalue weighted by molar-refractivity contribution is -0.122. The highest BCUT2D eigenvalue weighted by molar-refractivity contribution is 7.80. The van der Waals surface area contributed by atoms with E-state index in [1.54, 1.807) is 4.90 Å². The van der Waals surface area contributed by atoms with E-state index >= 15 is 0 Å². The van der Waals surface area contributed by atoms with Gasteiger partial charge in [-0.2, -0.15) is 0 Å². The van der Waals surface area contributed by atoms with E-state index in [0.717, 1.165) is 18.5 Å². The molecule has 1 heterocycles. The van der Waals surface area contributed by atoms with E-state index in [9.17, 15) is 4.79 Å². The topological polar surface area (TPSA) is 32.3 Å². The summed E-state index contributed by atoms with van der Waals surface area (Å²) in [6.07, 6.45) is 5.86. The molecule has 3 nitrogen and oxygen atoms in total. The number of benzene rings is 1. The highest BCUT2D eigenvalue weighted by Gasteiger charge is 2.39. The quantitative estimate of drug-likeness (QED) is 0.619. The molecule has 1 amide bonds. The van der Waals surface area contributed by atoms with Crippen LogP contribution in [0.15, 0.2) is 42.5 Å². The molecular formula is C14H14N2OS. The third kappa shape index (κ3) is 1.82. The Kier molecular flexibility index (Phi) is 2.88. The summed E-state index contributed by atoms with van der Waals surface area (Å²) in [5, 5.41) is 3.80. The summed E-state index contributed by atoms with van der Waals surface area (Å²) >= 11 is 5.32. The molecule has 4 heteroatoms. The van der Waals surface area contributed by atoms with Crippen molar-refractivity contribution in [3.8, 4) is 0 Å². The highest BCUT2D eigenvalue weighted by atomic mass is 32.1. The fraction of sp³-hybridized carbons (Fsp3) is 0.286. The Balaban J connectivity index is 1.94. The highest BCUT2D eigenvalue weighted by Crippen LogP contribution is 2.28. The lowest BCUT2D eigenvalue weighted by atomic mass is 9.86. The number of hydrogen-bond donors (Lipinski definition) is 1. The maximum absolute atomic E-state index is 12.5. The predicted molar refractivity (Wildman–Crippen MR) is 75.3 cm³/mol. The first-order valence-electron chi connectivity index (χ1n) is 6.12. The second-order valence-electron chi connectivity index (χ2n) is 4.61. The molecule has 0 bridgehead atoms. The summed E-state index contributed by atoms with van der Waals surface area (Å²) in [6.45, 7) is 0. The maximum Gasteiger partial charge on any atom is 0.238 e. The smallest absolute Gasteiger partial charge is 0.238 e. The second-order valence-corrected chi connectivity index (χ2v) is 5.00. The fourth-order valence-electron chi connectivity index (χ4n) is 2.56. The second kappa shape index (κ2) is 4.53. The van der Waals surface area contributed by atoms with Crippen LogP contribution >= 0.6 is 12.2 Å². The molecule has 0 saturated carbocycles. The molecule has 0 radical (unpaired) electrons. The number of hydrogen-bond acceptors (Lipinski definition) is 2. The Labute approximate surface area is 111 Å². The molecule has 1 fully saturated rings. The van der Waals surface area contributed by atoms with E-state index in [4.69, 9.17) is 12.2 Å². The molecule has 0 spiro atoms. The number of nitrogens with zero attached hydrogens (tertiary/aromatic N) is 1. The van der Waals surface area contributed by atoms with Crippen LogP contribution in [0.4, 0.5) is 5.69 Å². The van der Waals surface area contributed by atoms with Crippen LogP contribution in [0, 0.1) is 5.92 Å². The fourth-order valence-corrected chi connectivity index (χ4v) is 2.90. The Bertz CT molecular complexity index is 512. The van der Waals surface area contributed by atoms with Gasteiger partial charge in [0.1, 0.15) is 0 Å². The van der Waals surface area contributed by atoms with Crippen LogP contribution in [0.5, 0.6) is 0 Å². The molecule has 2 aliphatic rings. The summed E-state index contributed by atoms with van der Waals surface area (Å²) in [5.41, 5.74) is 0.841. The summed E-state index contributed by atoms with van der Waals surface area (Å²) in [4.78, 5) is 14.2. The molecule has 3 rings (SSSR count). The number of allylic oxidation sites excluding steroid dienone is 1. The Morgan fingerprint density at radius 1 is 1.17 bits per heavy atom. The van der Waals surface area contributed by atoms with Crippen LogP contribution in [0.25, 0.3) is 0 Å². The first-order chi connectivity index (χ1) is 8.77. The Morgan fingerprint density at radius 2 is 1.89 bits per heavy atom. The maximum atomic E-state index is 12.5. The van der Waals surface area contributed by atoms with Gasteiger partial charge < -0.3 is 5.32 Å². The van der Waals surface area contributed by atoms with Crippen molar-refractivity contribution in [3.05, 3.63) is 42.5 Å². The van der Waals surface area contributed by atoms with E-state index < -0.39 is 0 Å². The molecule has 1 aliphatic heterocycles. The monoisotopic (exact) mass is 258 g/mol. The molecule has 2 atom stereocenters. The third-order valence-corrected chi connectivity index (χ3v) is 3.80. The SMILES string of the molecule is O=C1[C@H]2CC=CC[C@@H]2NC(=S)N1c1ccccc1. The molecule has 1 aromatic rings. The number of anilines is 1. The number of carbonyl (C=O) groups excluding carboxylic acids is 1. The van der Waals surface area contributed by atoms with Crippen molar-refractivity contribution in [1.29, 1.82) is 0 Å². The number of carbonyl (C=O) groups is 1. The summed E-state index contributed by atoms with van der Waals surface area (Å²) in [6, 6.07) is 9.74. The minimum Gasteiger partial charge on any atom is -0.358 e. The van der Waals surface area contributed by atoms with Gasteiger partial charge in [0.2, 0.25) is 5.91 Å². The van der Waals surface area contributed by atoms with Gasteiger partial charge in [0.15, 0.2) is 5.11 Å². The zero-order valence-electron chi connectivity index (χ0n) is 9.87. The minimum absolute atomic E-state index is 0.00176.